The lowest BCUT2D eigenvalue weighted by atomic mass is 10.0. The number of rotatable bonds is 16. The van der Waals surface area contributed by atoms with Crippen LogP contribution in [-0.4, -0.2) is 91.9 Å². The molecule has 1 amide bonds. The number of benzene rings is 1. The number of aromatic nitrogens is 3. The number of ether oxygens (including phenoxy) is 2. The van der Waals surface area contributed by atoms with E-state index in [0.717, 1.165) is 29.3 Å². The molecule has 0 unspecified atom stereocenters. The van der Waals surface area contributed by atoms with E-state index in [1.54, 1.807) is 0 Å². The number of fused-ring (bicyclic) bond motifs is 1. The minimum Gasteiger partial charge on any atom is -0.377 e. The third-order valence-electron chi connectivity index (χ3n) is 7.56. The first-order valence-electron chi connectivity index (χ1n) is 15.0. The topological polar surface area (TPSA) is 157 Å². The molecule has 250 valence electrons. The van der Waals surface area contributed by atoms with Gasteiger partial charge >= 0.3 is 10.2 Å². The van der Waals surface area contributed by atoms with Crippen LogP contribution in [0, 0.1) is 17.6 Å². The quantitative estimate of drug-likeness (QED) is 0.195. The molecule has 3 heterocycles. The molecule has 2 aliphatic rings. The van der Waals surface area contributed by atoms with E-state index in [2.05, 4.69) is 25.3 Å². The number of pyridine rings is 1. The van der Waals surface area contributed by atoms with Gasteiger partial charge in [0.2, 0.25) is 11.9 Å². The Bertz CT molecular complexity index is 1740. The highest BCUT2D eigenvalue weighted by molar-refractivity contribution is 7.90. The fraction of sp³-hybridized carbons (Fsp3) is 0.517. The third-order valence-corrected chi connectivity index (χ3v) is 9.05. The van der Waals surface area contributed by atoms with E-state index in [1.165, 1.54) is 23.8 Å². The monoisotopic (exact) mass is 667 g/mol. The number of hydrogen-bond acceptors (Lipinski definition) is 9. The Hall–Kier alpha value is -3.80. The number of hydrogen-bond donors (Lipinski definition) is 3. The summed E-state index contributed by atoms with van der Waals surface area (Å²) in [5.41, 5.74) is -2.29. The second-order valence-electron chi connectivity index (χ2n) is 11.2. The lowest BCUT2D eigenvalue weighted by molar-refractivity contribution is -0.119. The maximum Gasteiger partial charge on any atom is 0.301 e. The van der Waals surface area contributed by atoms with Crippen molar-refractivity contribution in [3.63, 3.8) is 0 Å². The molecule has 1 aromatic carbocycles. The van der Waals surface area contributed by atoms with Gasteiger partial charge in [0, 0.05) is 44.7 Å². The molecule has 17 heteroatoms. The van der Waals surface area contributed by atoms with E-state index in [1.807, 2.05) is 0 Å². The number of halogens is 3. The summed E-state index contributed by atoms with van der Waals surface area (Å²) in [6.45, 7) is 2.64. The molecule has 0 bridgehead atoms. The van der Waals surface area contributed by atoms with Crippen molar-refractivity contribution in [2.24, 2.45) is 5.92 Å². The van der Waals surface area contributed by atoms with Crippen molar-refractivity contribution in [1.29, 1.82) is 0 Å². The zero-order chi connectivity index (χ0) is 32.8. The zero-order valence-electron chi connectivity index (χ0n) is 25.2. The number of amides is 1. The fourth-order valence-corrected chi connectivity index (χ4v) is 6.22. The summed E-state index contributed by atoms with van der Waals surface area (Å²) >= 11 is 0. The molecule has 3 aromatic rings. The van der Waals surface area contributed by atoms with E-state index in [-0.39, 0.29) is 63.0 Å². The maximum atomic E-state index is 15.9. The Morgan fingerprint density at radius 3 is 2.57 bits per heavy atom. The van der Waals surface area contributed by atoms with Gasteiger partial charge < -0.3 is 20.1 Å². The highest BCUT2D eigenvalue weighted by Gasteiger charge is 2.32. The van der Waals surface area contributed by atoms with Gasteiger partial charge in [-0.3, -0.25) is 18.9 Å². The Balaban J connectivity index is 1.41. The van der Waals surface area contributed by atoms with Gasteiger partial charge in [0.15, 0.2) is 5.82 Å². The molecule has 1 atom stereocenters. The second kappa shape index (κ2) is 14.7. The molecule has 0 spiro atoms. The minimum atomic E-state index is -4.35. The standard InChI is InChI=1S/C29H36F3N7O6S/c1-18(40)33-7-10-44-12-13-45-11-9-39-27-20(16-35-29(36-27)34-15-19-2-3-19)14-22(28(39)41)25-23(31)4-5-24(26(25)32)37-46(42,43)38-8-6-21(30)17-38/h4-5,14,16,19,21,37H,2-3,6-13,15,17H2,1H3,(H,33,40)(H,34,35,36)/t21-/m1/s1. The first kappa shape index (κ1) is 33.6. The molecule has 0 radical (unpaired) electrons. The summed E-state index contributed by atoms with van der Waals surface area (Å²) < 4.78 is 85.5. The number of carbonyl (C=O) groups excluding carboxylic acids is 1. The maximum absolute atomic E-state index is 15.9. The predicted molar refractivity (Wildman–Crippen MR) is 164 cm³/mol. The summed E-state index contributed by atoms with van der Waals surface area (Å²) in [5.74, 6) is -1.75. The van der Waals surface area contributed by atoms with Gasteiger partial charge in [0.25, 0.3) is 5.56 Å². The number of carbonyl (C=O) groups is 1. The Labute approximate surface area is 263 Å². The van der Waals surface area contributed by atoms with Crippen molar-refractivity contribution in [1.82, 2.24) is 24.2 Å². The lowest BCUT2D eigenvalue weighted by Crippen LogP contribution is -2.34. The average Bonchev–Trinajstić information content (AvgIpc) is 3.74. The van der Waals surface area contributed by atoms with Crippen LogP contribution < -0.4 is 20.9 Å². The van der Waals surface area contributed by atoms with E-state index >= 15 is 8.78 Å². The molecule has 46 heavy (non-hydrogen) atoms. The molecule has 1 aliphatic heterocycles. The van der Waals surface area contributed by atoms with Crippen molar-refractivity contribution in [2.45, 2.75) is 38.9 Å². The molecule has 1 saturated heterocycles. The Kier molecular flexibility index (Phi) is 10.8. The van der Waals surface area contributed by atoms with E-state index in [0.29, 0.717) is 36.9 Å². The molecular formula is C29H36F3N7O6S. The van der Waals surface area contributed by atoms with Crippen molar-refractivity contribution >= 4 is 38.8 Å². The normalized spacial score (nSPS) is 17.0. The Morgan fingerprint density at radius 1 is 1.11 bits per heavy atom. The van der Waals surface area contributed by atoms with Crippen LogP contribution in [0.5, 0.6) is 0 Å². The van der Waals surface area contributed by atoms with Gasteiger partial charge in [-0.2, -0.15) is 17.7 Å². The van der Waals surface area contributed by atoms with E-state index in [9.17, 15) is 22.4 Å². The predicted octanol–water partition coefficient (Wildman–Crippen LogP) is 2.43. The third kappa shape index (κ3) is 8.31. The summed E-state index contributed by atoms with van der Waals surface area (Å²) in [6.07, 6.45) is 2.29. The molecule has 2 aromatic heterocycles. The molecule has 1 aliphatic carbocycles. The van der Waals surface area contributed by atoms with Crippen molar-refractivity contribution in [3.05, 3.63) is 46.4 Å². The zero-order valence-corrected chi connectivity index (χ0v) is 26.0. The van der Waals surface area contributed by atoms with Gasteiger partial charge in [-0.15, -0.1) is 0 Å². The molecular weight excluding hydrogens is 631 g/mol. The fourth-order valence-electron chi connectivity index (χ4n) is 4.95. The SMILES string of the molecule is CC(=O)NCCOCCOCCn1c(=O)c(-c2c(F)ccc(NS(=O)(=O)N3CC[C@@H](F)C3)c2F)cc2cnc(NCC3CC3)nc21. The molecule has 13 nitrogen and oxygen atoms in total. The summed E-state index contributed by atoms with van der Waals surface area (Å²) in [4.78, 5) is 33.6. The first-order chi connectivity index (χ1) is 22.0. The molecule has 3 N–H and O–H groups in total. The van der Waals surface area contributed by atoms with Gasteiger partial charge in [-0.25, -0.2) is 18.2 Å². The van der Waals surface area contributed by atoms with Crippen LogP contribution in [0.3, 0.4) is 0 Å². The van der Waals surface area contributed by atoms with Gasteiger partial charge in [-0.1, -0.05) is 0 Å². The highest BCUT2D eigenvalue weighted by atomic mass is 32.2. The first-order valence-corrected chi connectivity index (χ1v) is 16.4. The van der Waals surface area contributed by atoms with Crippen molar-refractivity contribution in [2.75, 3.05) is 62.6 Å². The van der Waals surface area contributed by atoms with Crippen LogP contribution in [0.25, 0.3) is 22.2 Å². The van der Waals surface area contributed by atoms with Crippen LogP contribution >= 0.6 is 0 Å². The summed E-state index contributed by atoms with van der Waals surface area (Å²) in [5, 5.41) is 6.07. The molecule has 5 rings (SSSR count). The molecule has 2 fully saturated rings. The average molecular weight is 668 g/mol. The van der Waals surface area contributed by atoms with Gasteiger partial charge in [0.05, 0.1) is 49.8 Å². The number of alkyl halides is 1. The molecule has 1 saturated carbocycles. The van der Waals surface area contributed by atoms with Crippen LogP contribution in [-0.2, 0) is 31.0 Å². The van der Waals surface area contributed by atoms with Crippen LogP contribution in [0.2, 0.25) is 0 Å². The van der Waals surface area contributed by atoms with Crippen LogP contribution in [0.15, 0.2) is 29.2 Å². The van der Waals surface area contributed by atoms with Crippen molar-refractivity contribution in [3.8, 4) is 11.1 Å². The van der Waals surface area contributed by atoms with Crippen LogP contribution in [0.1, 0.15) is 26.2 Å². The number of nitrogens with zero attached hydrogens (tertiary/aromatic N) is 4. The summed E-state index contributed by atoms with van der Waals surface area (Å²) in [6, 6.07) is 3.01. The van der Waals surface area contributed by atoms with E-state index < -0.39 is 44.8 Å². The number of anilines is 2. The second-order valence-corrected chi connectivity index (χ2v) is 12.8. The smallest absolute Gasteiger partial charge is 0.301 e. The Morgan fingerprint density at radius 2 is 1.87 bits per heavy atom. The number of nitrogens with one attached hydrogen (secondary N) is 3. The largest absolute Gasteiger partial charge is 0.377 e. The van der Waals surface area contributed by atoms with E-state index in [4.69, 9.17) is 9.47 Å². The highest BCUT2D eigenvalue weighted by Crippen LogP contribution is 2.32. The lowest BCUT2D eigenvalue weighted by Gasteiger charge is -2.19. The minimum absolute atomic E-state index is 0.00389. The van der Waals surface area contributed by atoms with Gasteiger partial charge in [0.1, 0.15) is 17.6 Å². The van der Waals surface area contributed by atoms with Gasteiger partial charge in [-0.05, 0) is 43.4 Å². The summed E-state index contributed by atoms with van der Waals surface area (Å²) in [7, 11) is -4.35. The van der Waals surface area contributed by atoms with Crippen LogP contribution in [0.4, 0.5) is 24.8 Å². The van der Waals surface area contributed by atoms with Crippen molar-refractivity contribution < 1.29 is 35.9 Å².